The van der Waals surface area contributed by atoms with E-state index >= 15 is 0 Å². The number of nitrogens with zero attached hydrogens (tertiary/aromatic N) is 1. The molecule has 0 aliphatic carbocycles. The number of rotatable bonds is 8. The molecule has 0 spiro atoms. The van der Waals surface area contributed by atoms with Crippen LogP contribution >= 0.6 is 0 Å². The molecule has 1 aliphatic rings. The topological polar surface area (TPSA) is 109 Å². The number of ether oxygens (including phenoxy) is 2. The highest BCUT2D eigenvalue weighted by Gasteiger charge is 2.38. The molecule has 1 unspecified atom stereocenters. The molecular formula is C27H33N3O6S. The normalized spacial score (nSPS) is 16.4. The Morgan fingerprint density at radius 2 is 1.70 bits per heavy atom. The molecule has 9 nitrogen and oxygen atoms in total. The van der Waals surface area contributed by atoms with Gasteiger partial charge in [0.05, 0.1) is 43.1 Å². The number of hydrogen-bond acceptors (Lipinski definition) is 9. The third-order valence-electron chi connectivity index (χ3n) is 6.38. The Hall–Kier alpha value is -3.63. The van der Waals surface area contributed by atoms with E-state index in [1.54, 1.807) is 25.3 Å². The fraction of sp³-hybridized carbons (Fsp3) is 0.333. The Morgan fingerprint density at radius 3 is 2.38 bits per heavy atom. The van der Waals surface area contributed by atoms with Crippen molar-refractivity contribution in [2.75, 3.05) is 43.1 Å². The Bertz CT molecular complexity index is 1410. The van der Waals surface area contributed by atoms with Crippen molar-refractivity contribution in [3.63, 3.8) is 0 Å². The van der Waals surface area contributed by atoms with Gasteiger partial charge in [0, 0.05) is 30.8 Å². The fourth-order valence-corrected chi connectivity index (χ4v) is 5.14. The fourth-order valence-electron chi connectivity index (χ4n) is 4.68. The molecule has 0 radical (unpaired) electrons. The maximum atomic E-state index is 11.6. The third kappa shape index (κ3) is 5.40. The lowest BCUT2D eigenvalue weighted by Crippen LogP contribution is -2.56. The minimum Gasteiger partial charge on any atom is -0.496 e. The monoisotopic (exact) mass is 527 g/mol. The third-order valence-corrected chi connectivity index (χ3v) is 6.87. The second-order valence-electron chi connectivity index (χ2n) is 9.52. The maximum absolute atomic E-state index is 11.6. The highest BCUT2D eigenvalue weighted by Crippen LogP contribution is 2.45. The van der Waals surface area contributed by atoms with E-state index in [9.17, 15) is 13.5 Å². The molecule has 10 heteroatoms. The molecule has 1 atom stereocenters. The zero-order chi connectivity index (χ0) is 27.0. The molecule has 3 aromatic rings. The average Bonchev–Trinajstić information content (AvgIpc) is 2.85. The zero-order valence-electron chi connectivity index (χ0n) is 21.8. The first-order valence-electron chi connectivity index (χ1n) is 11.7. The first-order chi connectivity index (χ1) is 17.4. The summed E-state index contributed by atoms with van der Waals surface area (Å²) in [7, 11) is 1.32. The summed E-state index contributed by atoms with van der Waals surface area (Å²) in [4.78, 5) is 1.86. The first-order valence-corrected chi connectivity index (χ1v) is 13.6. The second-order valence-corrected chi connectivity index (χ2v) is 11.1. The van der Waals surface area contributed by atoms with E-state index in [-0.39, 0.29) is 5.75 Å². The lowest BCUT2D eigenvalue weighted by molar-refractivity contribution is 0.111. The van der Waals surface area contributed by atoms with E-state index < -0.39 is 21.9 Å². The molecule has 198 valence electrons. The first kappa shape index (κ1) is 26.4. The number of aliphatic hydroxyl groups is 1. The predicted molar refractivity (Wildman–Crippen MR) is 146 cm³/mol. The summed E-state index contributed by atoms with van der Waals surface area (Å²) in [5.74, 6) is 1.32. The van der Waals surface area contributed by atoms with Crippen LogP contribution in [0.15, 0.2) is 54.6 Å². The smallest absolute Gasteiger partial charge is 0.306 e. The number of benzene rings is 3. The SMILES string of the molecule is COc1ccccc1NCc1c(-c2ccc(OS(C)(=O)=O)cc2OC)ccc2c1N(C)C(O)C(C)(C)N2. The van der Waals surface area contributed by atoms with Crippen LogP contribution in [0.4, 0.5) is 17.1 Å². The van der Waals surface area contributed by atoms with Crippen molar-refractivity contribution in [2.45, 2.75) is 32.2 Å². The number of aliphatic hydroxyl groups excluding tert-OH is 1. The molecule has 1 aliphatic heterocycles. The van der Waals surface area contributed by atoms with Gasteiger partial charge < -0.3 is 34.3 Å². The average molecular weight is 528 g/mol. The zero-order valence-corrected chi connectivity index (χ0v) is 22.6. The molecule has 0 saturated carbocycles. The molecule has 3 aromatic carbocycles. The van der Waals surface area contributed by atoms with E-state index in [0.717, 1.165) is 40.0 Å². The van der Waals surface area contributed by atoms with Gasteiger partial charge >= 0.3 is 10.1 Å². The molecule has 0 aromatic heterocycles. The van der Waals surface area contributed by atoms with E-state index in [4.69, 9.17) is 13.7 Å². The van der Waals surface area contributed by atoms with Crippen LogP contribution in [0, 0.1) is 0 Å². The number of nitrogens with one attached hydrogen (secondary N) is 2. The van der Waals surface area contributed by atoms with Gasteiger partial charge in [0.15, 0.2) is 0 Å². The summed E-state index contributed by atoms with van der Waals surface area (Å²) < 4.78 is 39.5. The molecule has 1 heterocycles. The number of para-hydroxylation sites is 2. The van der Waals surface area contributed by atoms with E-state index in [1.165, 1.54) is 7.11 Å². The van der Waals surface area contributed by atoms with Gasteiger partial charge in [-0.25, -0.2) is 0 Å². The molecule has 0 amide bonds. The minimum atomic E-state index is -3.69. The van der Waals surface area contributed by atoms with Crippen molar-refractivity contribution in [2.24, 2.45) is 0 Å². The van der Waals surface area contributed by atoms with Crippen LogP contribution in [0.1, 0.15) is 19.4 Å². The van der Waals surface area contributed by atoms with Gasteiger partial charge in [-0.05, 0) is 49.7 Å². The molecule has 0 fully saturated rings. The van der Waals surface area contributed by atoms with Crippen LogP contribution in [0.3, 0.4) is 0 Å². The lowest BCUT2D eigenvalue weighted by atomic mass is 9.91. The molecular weight excluding hydrogens is 494 g/mol. The van der Waals surface area contributed by atoms with Gasteiger partial charge in [0.25, 0.3) is 0 Å². The molecule has 4 rings (SSSR count). The highest BCUT2D eigenvalue weighted by molar-refractivity contribution is 7.86. The van der Waals surface area contributed by atoms with Gasteiger partial charge in [-0.15, -0.1) is 0 Å². The summed E-state index contributed by atoms with van der Waals surface area (Å²) in [6.07, 6.45) is 0.210. The summed E-state index contributed by atoms with van der Waals surface area (Å²) in [5, 5.41) is 18.0. The highest BCUT2D eigenvalue weighted by atomic mass is 32.2. The van der Waals surface area contributed by atoms with Crippen molar-refractivity contribution >= 4 is 27.2 Å². The summed E-state index contributed by atoms with van der Waals surface area (Å²) in [6, 6.07) is 16.5. The van der Waals surface area contributed by atoms with Crippen molar-refractivity contribution in [3.05, 3.63) is 60.2 Å². The minimum absolute atomic E-state index is 0.158. The summed E-state index contributed by atoms with van der Waals surface area (Å²) in [5.41, 5.74) is 4.48. The van der Waals surface area contributed by atoms with Crippen molar-refractivity contribution in [1.29, 1.82) is 0 Å². The lowest BCUT2D eigenvalue weighted by Gasteiger charge is -2.46. The van der Waals surface area contributed by atoms with Crippen molar-refractivity contribution in [3.8, 4) is 28.4 Å². The molecule has 37 heavy (non-hydrogen) atoms. The number of fused-ring (bicyclic) bond motifs is 1. The summed E-state index contributed by atoms with van der Waals surface area (Å²) >= 11 is 0. The van der Waals surface area contributed by atoms with E-state index in [0.29, 0.717) is 18.0 Å². The molecule has 0 bridgehead atoms. The summed E-state index contributed by atoms with van der Waals surface area (Å²) in [6.45, 7) is 4.30. The number of hydrogen-bond donors (Lipinski definition) is 3. The number of likely N-dealkylation sites (N-methyl/N-ethyl adjacent to an activating group) is 1. The van der Waals surface area contributed by atoms with Crippen LogP contribution in [0.5, 0.6) is 17.2 Å². The molecule has 0 saturated heterocycles. The van der Waals surface area contributed by atoms with Crippen molar-refractivity contribution < 1.29 is 27.2 Å². The van der Waals surface area contributed by atoms with Crippen molar-refractivity contribution in [1.82, 2.24) is 0 Å². The number of methoxy groups -OCH3 is 2. The van der Waals surface area contributed by atoms with E-state index in [1.807, 2.05) is 62.2 Å². The van der Waals surface area contributed by atoms with Gasteiger partial charge in [-0.2, -0.15) is 8.42 Å². The maximum Gasteiger partial charge on any atom is 0.306 e. The van der Waals surface area contributed by atoms with Gasteiger partial charge in [0.1, 0.15) is 23.5 Å². The Kier molecular flexibility index (Phi) is 7.16. The van der Waals surface area contributed by atoms with E-state index in [2.05, 4.69) is 10.6 Å². The Labute approximate surface area is 218 Å². The van der Waals surface area contributed by atoms with Crippen LogP contribution in [0.25, 0.3) is 11.1 Å². The predicted octanol–water partition coefficient (Wildman–Crippen LogP) is 4.28. The van der Waals surface area contributed by atoms with Crippen LogP contribution in [-0.4, -0.2) is 52.8 Å². The standard InChI is InChI=1S/C27H33N3O6S/c1-27(2)26(31)30(3)25-20(16-28-21-9-7-8-10-23(21)34-4)18(13-14-22(25)29-27)19-12-11-17(15-24(19)35-5)36-37(6,32)33/h7-15,26,28-29,31H,16H2,1-6H3. The second kappa shape index (κ2) is 10.0. The van der Waals surface area contributed by atoms with Crippen LogP contribution in [0.2, 0.25) is 0 Å². The quantitative estimate of drug-likeness (QED) is 0.370. The van der Waals surface area contributed by atoms with Crippen LogP contribution in [-0.2, 0) is 16.7 Å². The molecule has 3 N–H and O–H groups in total. The largest absolute Gasteiger partial charge is 0.496 e. The Balaban J connectivity index is 1.87. The Morgan fingerprint density at radius 1 is 1.03 bits per heavy atom. The van der Waals surface area contributed by atoms with Gasteiger partial charge in [-0.3, -0.25) is 0 Å². The van der Waals surface area contributed by atoms with Gasteiger partial charge in [-0.1, -0.05) is 18.2 Å². The van der Waals surface area contributed by atoms with Gasteiger partial charge in [0.2, 0.25) is 0 Å². The number of anilines is 3. The van der Waals surface area contributed by atoms with Crippen LogP contribution < -0.4 is 29.2 Å².